The molecular formula is C10H18BrN5O5. The van der Waals surface area contributed by atoms with Gasteiger partial charge in [0.1, 0.15) is 41.9 Å². The number of nitrogens with one attached hydrogen (secondary N) is 3. The molecule has 4 unspecified atom stereocenters. The zero-order valence-corrected chi connectivity index (χ0v) is 12.5. The molecule has 8 atom stereocenters. The summed E-state index contributed by atoms with van der Waals surface area (Å²) in [5, 5.41) is 37.2. The number of aliphatic hydroxyl groups is 3. The second kappa shape index (κ2) is 5.68. The molecule has 0 saturated carbocycles. The first-order chi connectivity index (χ1) is 9.93. The fourth-order valence-electron chi connectivity index (χ4n) is 2.92. The van der Waals surface area contributed by atoms with E-state index in [1.54, 1.807) is 4.90 Å². The molecule has 3 saturated heterocycles. The number of alkyl halides is 1. The molecule has 120 valence electrons. The summed E-state index contributed by atoms with van der Waals surface area (Å²) in [7, 11) is 0. The smallest absolute Gasteiger partial charge is 0.242 e. The van der Waals surface area contributed by atoms with Crippen LogP contribution < -0.4 is 21.7 Å². The van der Waals surface area contributed by atoms with Gasteiger partial charge in [0.15, 0.2) is 0 Å². The fourth-order valence-corrected chi connectivity index (χ4v) is 3.69. The molecule has 0 aliphatic carbocycles. The van der Waals surface area contributed by atoms with Crippen molar-refractivity contribution in [1.29, 1.82) is 0 Å². The molecule has 0 radical (unpaired) electrons. The summed E-state index contributed by atoms with van der Waals surface area (Å²) in [6.07, 6.45) is -5.44. The first-order valence-electron chi connectivity index (χ1n) is 6.56. The first-order valence-corrected chi connectivity index (χ1v) is 7.47. The van der Waals surface area contributed by atoms with Gasteiger partial charge in [-0.05, 0) is 0 Å². The summed E-state index contributed by atoms with van der Waals surface area (Å²) in [5.41, 5.74) is 5.70. The van der Waals surface area contributed by atoms with E-state index in [1.165, 1.54) is 0 Å². The van der Waals surface area contributed by atoms with Crippen LogP contribution in [-0.2, 0) is 9.53 Å². The molecule has 21 heavy (non-hydrogen) atoms. The minimum absolute atomic E-state index is 0.273. The van der Waals surface area contributed by atoms with E-state index >= 15 is 0 Å². The lowest BCUT2D eigenvalue weighted by Gasteiger charge is -2.38. The third-order valence-corrected chi connectivity index (χ3v) is 4.69. The van der Waals surface area contributed by atoms with Gasteiger partial charge >= 0.3 is 0 Å². The maximum absolute atomic E-state index is 11.9. The fraction of sp³-hybridized carbons (Fsp3) is 0.900. The van der Waals surface area contributed by atoms with Gasteiger partial charge in [-0.15, -0.1) is 0 Å². The van der Waals surface area contributed by atoms with Crippen molar-refractivity contribution in [3.8, 4) is 0 Å². The summed E-state index contributed by atoms with van der Waals surface area (Å²) in [6.45, 7) is -0.412. The summed E-state index contributed by atoms with van der Waals surface area (Å²) >= 11 is 3.36. The highest BCUT2D eigenvalue weighted by Gasteiger charge is 2.55. The van der Waals surface area contributed by atoms with Gasteiger partial charge in [0.25, 0.3) is 0 Å². The van der Waals surface area contributed by atoms with Crippen LogP contribution in [0.2, 0.25) is 0 Å². The molecule has 11 heteroatoms. The zero-order valence-electron chi connectivity index (χ0n) is 10.9. The lowest BCUT2D eigenvalue weighted by Crippen LogP contribution is -2.71. The van der Waals surface area contributed by atoms with Crippen molar-refractivity contribution >= 4 is 21.8 Å². The number of ether oxygens (including phenoxy) is 1. The second-order valence-electron chi connectivity index (χ2n) is 5.25. The van der Waals surface area contributed by atoms with Crippen LogP contribution in [0.1, 0.15) is 0 Å². The Morgan fingerprint density at radius 2 is 2.05 bits per heavy atom. The Bertz CT molecular complexity index is 431. The van der Waals surface area contributed by atoms with Crippen molar-refractivity contribution in [2.75, 3.05) is 6.61 Å². The van der Waals surface area contributed by atoms with Gasteiger partial charge in [-0.1, -0.05) is 15.9 Å². The van der Waals surface area contributed by atoms with Crippen LogP contribution in [-0.4, -0.2) is 80.8 Å². The number of aliphatic hydroxyl groups excluding tert-OH is 3. The quantitative estimate of drug-likeness (QED) is 0.189. The van der Waals surface area contributed by atoms with Gasteiger partial charge < -0.3 is 25.4 Å². The van der Waals surface area contributed by atoms with Crippen molar-refractivity contribution in [2.24, 2.45) is 5.73 Å². The maximum Gasteiger partial charge on any atom is 0.242 e. The molecule has 0 aromatic carbocycles. The third-order valence-electron chi connectivity index (χ3n) is 3.96. The van der Waals surface area contributed by atoms with Gasteiger partial charge in [0.05, 0.1) is 12.8 Å². The normalized spacial score (nSPS) is 51.0. The molecule has 1 amide bonds. The van der Waals surface area contributed by atoms with Gasteiger partial charge in [0, 0.05) is 0 Å². The Hall–Kier alpha value is -0.370. The molecule has 3 fully saturated rings. The Morgan fingerprint density at radius 1 is 1.33 bits per heavy atom. The number of hydrogen-bond donors (Lipinski definition) is 7. The monoisotopic (exact) mass is 367 g/mol. The number of fused-ring (bicyclic) bond motifs is 1. The first kappa shape index (κ1) is 15.5. The van der Waals surface area contributed by atoms with E-state index in [9.17, 15) is 15.0 Å². The number of halogens is 1. The average Bonchev–Trinajstić information content (AvgIpc) is 2.89. The molecule has 0 bridgehead atoms. The van der Waals surface area contributed by atoms with E-state index in [1.807, 2.05) is 0 Å². The molecule has 3 heterocycles. The van der Waals surface area contributed by atoms with Crippen LogP contribution in [0.25, 0.3) is 0 Å². The lowest BCUT2D eigenvalue weighted by atomic mass is 10.1. The number of carbonyl (C=O) groups is 1. The van der Waals surface area contributed by atoms with E-state index in [4.69, 9.17) is 15.6 Å². The number of nitrogens with two attached hydrogens (primary N) is 1. The molecule has 3 rings (SSSR count). The molecule has 0 aromatic rings. The summed E-state index contributed by atoms with van der Waals surface area (Å²) in [5.74, 6) is -0.273. The average molecular weight is 368 g/mol. The highest BCUT2D eigenvalue weighted by atomic mass is 79.9. The zero-order chi connectivity index (χ0) is 15.3. The third kappa shape index (κ3) is 2.48. The molecule has 0 aromatic heterocycles. The van der Waals surface area contributed by atoms with E-state index in [-0.39, 0.29) is 5.91 Å². The summed E-state index contributed by atoms with van der Waals surface area (Å²) in [4.78, 5) is 13.6. The number of carbonyl (C=O) groups excluding carboxylic acids is 1. The summed E-state index contributed by atoms with van der Waals surface area (Å²) < 4.78 is 5.50. The van der Waals surface area contributed by atoms with Gasteiger partial charge in [-0.2, -0.15) is 0 Å². The number of amides is 1. The molecule has 0 spiro atoms. The minimum Gasteiger partial charge on any atom is -0.394 e. The van der Waals surface area contributed by atoms with Crippen LogP contribution in [0.15, 0.2) is 0 Å². The molecule has 8 N–H and O–H groups in total. The minimum atomic E-state index is -1.22. The highest BCUT2D eigenvalue weighted by Crippen LogP contribution is 2.32. The van der Waals surface area contributed by atoms with E-state index in [2.05, 4.69) is 31.9 Å². The van der Waals surface area contributed by atoms with Crippen molar-refractivity contribution in [2.45, 2.75) is 48.1 Å². The van der Waals surface area contributed by atoms with Gasteiger partial charge in [0.2, 0.25) is 5.91 Å². The largest absolute Gasteiger partial charge is 0.394 e. The van der Waals surface area contributed by atoms with Gasteiger partial charge in [-0.3, -0.25) is 21.2 Å². The Kier molecular flexibility index (Phi) is 4.20. The Labute approximate surface area is 128 Å². The second-order valence-corrected chi connectivity index (χ2v) is 6.12. The number of rotatable bonds is 2. The Balaban J connectivity index is 1.83. The van der Waals surface area contributed by atoms with Crippen LogP contribution in [0.3, 0.4) is 0 Å². The SMILES string of the molecule is NC1NC(=O)C2NC(Br)N([C@@H]3O[C@H](CO)[C@@H](O)[C@H]3O)C2N1. The summed E-state index contributed by atoms with van der Waals surface area (Å²) in [6, 6.07) is -0.588. The number of hydrogen-bond acceptors (Lipinski definition) is 9. The van der Waals surface area contributed by atoms with Crippen molar-refractivity contribution in [3.63, 3.8) is 0 Å². The van der Waals surface area contributed by atoms with E-state index in [0.717, 1.165) is 0 Å². The van der Waals surface area contributed by atoms with E-state index < -0.39 is 54.7 Å². The predicted molar refractivity (Wildman–Crippen MR) is 72.3 cm³/mol. The Morgan fingerprint density at radius 3 is 2.67 bits per heavy atom. The molecule has 3 aliphatic rings. The van der Waals surface area contributed by atoms with Crippen molar-refractivity contribution in [1.82, 2.24) is 20.9 Å². The van der Waals surface area contributed by atoms with Gasteiger partial charge in [-0.25, -0.2) is 4.90 Å². The topological polar surface area (TPSA) is 152 Å². The highest BCUT2D eigenvalue weighted by molar-refractivity contribution is 9.09. The maximum atomic E-state index is 11.9. The van der Waals surface area contributed by atoms with Crippen LogP contribution >= 0.6 is 15.9 Å². The van der Waals surface area contributed by atoms with Crippen LogP contribution in [0, 0.1) is 0 Å². The van der Waals surface area contributed by atoms with Crippen molar-refractivity contribution < 1.29 is 24.9 Å². The standard InChI is InChI=1S/C10H18BrN5O5/c11-9-13-3-6(14-10(12)15-7(3)20)16(9)8-5(19)4(18)2(1-17)21-8/h2-6,8-10,13-14,17-19H,1,12H2,(H,15,20)/t2-,3?,4-,5-,6?,8-,9?,10?/m1/s1. The predicted octanol–water partition coefficient (Wildman–Crippen LogP) is -4.33. The van der Waals surface area contributed by atoms with Crippen LogP contribution in [0.5, 0.6) is 0 Å². The van der Waals surface area contributed by atoms with E-state index in [0.29, 0.717) is 0 Å². The molecule has 10 nitrogen and oxygen atoms in total. The van der Waals surface area contributed by atoms with Crippen LogP contribution in [0.4, 0.5) is 0 Å². The lowest BCUT2D eigenvalue weighted by molar-refractivity contribution is -0.133. The molecule has 3 aliphatic heterocycles. The van der Waals surface area contributed by atoms with Crippen molar-refractivity contribution in [3.05, 3.63) is 0 Å². The molecular weight excluding hydrogens is 350 g/mol. The number of nitrogens with zero attached hydrogens (tertiary/aromatic N) is 1.